The minimum absolute atomic E-state index is 0.186. The SMILES string of the molecule is COc1ccc2c3c1O[C@H]1[C@H](NC(=O)/C=C/c4ccoc4)CC[C@@]4(O)[C@@H](C2)N(S(=O)(=O)c2ccc(Br)cc2)CC[C@]314. The summed E-state index contributed by atoms with van der Waals surface area (Å²) in [7, 11) is -2.32. The summed E-state index contributed by atoms with van der Waals surface area (Å²) in [5, 5.41) is 15.8. The molecule has 2 bridgehead atoms. The molecular weight excluding hydrogens is 612 g/mol. The maximum atomic E-state index is 14.0. The van der Waals surface area contributed by atoms with Crippen LogP contribution in [0.4, 0.5) is 0 Å². The van der Waals surface area contributed by atoms with Gasteiger partial charge in [-0.15, -0.1) is 0 Å². The van der Waals surface area contributed by atoms with Crippen molar-refractivity contribution in [2.45, 2.75) is 59.8 Å². The highest BCUT2D eigenvalue weighted by Crippen LogP contribution is 2.65. The van der Waals surface area contributed by atoms with Gasteiger partial charge in [-0.2, -0.15) is 4.31 Å². The second-order valence-electron chi connectivity index (χ2n) is 11.1. The summed E-state index contributed by atoms with van der Waals surface area (Å²) in [5.41, 5.74) is 0.266. The summed E-state index contributed by atoms with van der Waals surface area (Å²) in [6.07, 6.45) is 7.02. The minimum atomic E-state index is -3.90. The Balaban J connectivity index is 1.29. The molecule has 3 heterocycles. The number of carbonyl (C=O) groups is 1. The van der Waals surface area contributed by atoms with Gasteiger partial charge in [-0.05, 0) is 73.7 Å². The van der Waals surface area contributed by atoms with Crippen LogP contribution in [-0.2, 0) is 26.7 Å². The van der Waals surface area contributed by atoms with Crippen LogP contribution >= 0.6 is 15.9 Å². The number of benzene rings is 2. The number of piperidine rings is 1. The van der Waals surface area contributed by atoms with Crippen LogP contribution in [0, 0.1) is 0 Å². The van der Waals surface area contributed by atoms with Crippen LogP contribution in [0.1, 0.15) is 36.0 Å². The van der Waals surface area contributed by atoms with Crippen molar-refractivity contribution in [3.8, 4) is 11.5 Å². The van der Waals surface area contributed by atoms with Gasteiger partial charge in [-0.25, -0.2) is 8.42 Å². The molecule has 1 spiro atoms. The first-order chi connectivity index (χ1) is 19.7. The van der Waals surface area contributed by atoms with Crippen molar-refractivity contribution in [3.63, 3.8) is 0 Å². The largest absolute Gasteiger partial charge is 0.493 e. The molecule has 5 atom stereocenters. The lowest BCUT2D eigenvalue weighted by molar-refractivity contribution is -0.177. The van der Waals surface area contributed by atoms with Gasteiger partial charge in [0.15, 0.2) is 11.5 Å². The molecule has 214 valence electrons. The second kappa shape index (κ2) is 9.45. The third kappa shape index (κ3) is 3.78. The zero-order chi connectivity index (χ0) is 28.6. The van der Waals surface area contributed by atoms with E-state index in [0.29, 0.717) is 37.2 Å². The van der Waals surface area contributed by atoms with Crippen molar-refractivity contribution >= 4 is 37.9 Å². The van der Waals surface area contributed by atoms with E-state index in [1.165, 1.54) is 16.6 Å². The zero-order valence-corrected chi connectivity index (χ0v) is 24.7. The highest BCUT2D eigenvalue weighted by atomic mass is 79.9. The van der Waals surface area contributed by atoms with Gasteiger partial charge in [-0.1, -0.05) is 22.0 Å². The number of sulfonamides is 1. The highest BCUT2D eigenvalue weighted by molar-refractivity contribution is 9.10. The van der Waals surface area contributed by atoms with E-state index in [4.69, 9.17) is 13.9 Å². The van der Waals surface area contributed by atoms with Gasteiger partial charge in [0, 0.05) is 28.2 Å². The van der Waals surface area contributed by atoms with E-state index < -0.39 is 39.2 Å². The number of amides is 1. The van der Waals surface area contributed by atoms with Crippen molar-refractivity contribution in [1.82, 2.24) is 9.62 Å². The summed E-state index contributed by atoms with van der Waals surface area (Å²) in [6.45, 7) is 0.211. The van der Waals surface area contributed by atoms with E-state index in [0.717, 1.165) is 21.2 Å². The van der Waals surface area contributed by atoms with E-state index in [-0.39, 0.29) is 17.3 Å². The Hall–Kier alpha value is -3.12. The molecule has 1 amide bonds. The Bertz CT molecular complexity index is 1660. The third-order valence-electron chi connectivity index (χ3n) is 9.34. The van der Waals surface area contributed by atoms with Gasteiger partial charge < -0.3 is 24.3 Å². The van der Waals surface area contributed by atoms with Crippen LogP contribution in [-0.4, -0.2) is 61.2 Å². The van der Waals surface area contributed by atoms with Crippen molar-refractivity contribution < 1.29 is 32.2 Å². The minimum Gasteiger partial charge on any atom is -0.493 e. The van der Waals surface area contributed by atoms with Crippen molar-refractivity contribution in [2.24, 2.45) is 0 Å². The van der Waals surface area contributed by atoms with E-state index in [2.05, 4.69) is 21.2 Å². The number of hydrogen-bond donors (Lipinski definition) is 2. The monoisotopic (exact) mass is 640 g/mol. The molecule has 0 radical (unpaired) electrons. The summed E-state index contributed by atoms with van der Waals surface area (Å²) in [4.78, 5) is 13.2. The Labute approximate surface area is 246 Å². The maximum Gasteiger partial charge on any atom is 0.244 e. The molecule has 2 aromatic carbocycles. The smallest absolute Gasteiger partial charge is 0.244 e. The number of furan rings is 1. The summed E-state index contributed by atoms with van der Waals surface area (Å²) >= 11 is 3.38. The lowest BCUT2D eigenvalue weighted by Gasteiger charge is -2.63. The van der Waals surface area contributed by atoms with Crippen LogP contribution in [0.3, 0.4) is 0 Å². The van der Waals surface area contributed by atoms with Crippen molar-refractivity contribution in [3.05, 3.63) is 82.2 Å². The molecule has 7 rings (SSSR count). The van der Waals surface area contributed by atoms with Crippen LogP contribution in [0.25, 0.3) is 6.08 Å². The first kappa shape index (κ1) is 26.8. The number of nitrogens with zero attached hydrogens (tertiary/aromatic N) is 1. The topological polar surface area (TPSA) is 118 Å². The van der Waals surface area contributed by atoms with Gasteiger partial charge in [0.25, 0.3) is 0 Å². The molecule has 2 aliphatic heterocycles. The zero-order valence-electron chi connectivity index (χ0n) is 22.2. The van der Waals surface area contributed by atoms with E-state index >= 15 is 0 Å². The molecule has 11 heteroatoms. The van der Waals surface area contributed by atoms with Crippen LogP contribution in [0.2, 0.25) is 0 Å². The molecule has 9 nitrogen and oxygen atoms in total. The second-order valence-corrected chi connectivity index (χ2v) is 14.0. The van der Waals surface area contributed by atoms with E-state index in [1.54, 1.807) is 49.8 Å². The summed E-state index contributed by atoms with van der Waals surface area (Å²) in [5.74, 6) is 0.849. The fourth-order valence-electron chi connectivity index (χ4n) is 7.61. The molecular formula is C30H29BrN2O7S. The van der Waals surface area contributed by atoms with Gasteiger partial charge in [0.05, 0.1) is 47.6 Å². The Morgan fingerprint density at radius 1 is 1.20 bits per heavy atom. The quantitative estimate of drug-likeness (QED) is 0.394. The Morgan fingerprint density at radius 3 is 2.73 bits per heavy atom. The van der Waals surface area contributed by atoms with E-state index in [1.807, 2.05) is 12.1 Å². The average Bonchev–Trinajstić information content (AvgIpc) is 3.59. The number of halogens is 1. The number of aliphatic hydroxyl groups is 1. The molecule has 2 aliphatic carbocycles. The molecule has 1 saturated carbocycles. The standard InChI is InChI=1S/C30H29BrN2O7S/c1-38-23-8-3-19-16-24-30(35)12-10-22(32-25(34)9-2-18-11-15-39-17-18)28-29(30,26(19)27(23)40-28)13-14-33(24)41(36,37)21-6-4-20(31)5-7-21/h2-9,11,15,17,22,24,28,35H,10,12-14,16H2,1H3,(H,32,34)/b9-2+/t22-,24-,28+,29+,30-/m1/s1. The van der Waals surface area contributed by atoms with Crippen molar-refractivity contribution in [1.29, 1.82) is 0 Å². The number of hydrogen-bond acceptors (Lipinski definition) is 7. The van der Waals surface area contributed by atoms with Gasteiger partial charge in [0.2, 0.25) is 15.9 Å². The molecule has 4 aliphatic rings. The van der Waals surface area contributed by atoms with E-state index in [9.17, 15) is 18.3 Å². The van der Waals surface area contributed by atoms with Crippen molar-refractivity contribution in [2.75, 3.05) is 13.7 Å². The van der Waals surface area contributed by atoms with Crippen LogP contribution in [0.5, 0.6) is 11.5 Å². The molecule has 2 N–H and O–H groups in total. The first-order valence-corrected chi connectivity index (χ1v) is 15.8. The molecule has 41 heavy (non-hydrogen) atoms. The highest BCUT2D eigenvalue weighted by Gasteiger charge is 2.74. The van der Waals surface area contributed by atoms with Gasteiger partial charge >= 0.3 is 0 Å². The fourth-order valence-corrected chi connectivity index (χ4v) is 9.54. The molecule has 1 aromatic heterocycles. The van der Waals surface area contributed by atoms with Crippen LogP contribution in [0.15, 0.2) is 74.9 Å². The predicted octanol–water partition coefficient (Wildman–Crippen LogP) is 3.79. The lowest BCUT2D eigenvalue weighted by Crippen LogP contribution is -2.78. The predicted molar refractivity (Wildman–Crippen MR) is 153 cm³/mol. The Morgan fingerprint density at radius 2 is 2.00 bits per heavy atom. The lowest BCUT2D eigenvalue weighted by atomic mass is 9.48. The number of carbonyl (C=O) groups excluding carboxylic acids is 1. The maximum absolute atomic E-state index is 14.0. The molecule has 1 saturated heterocycles. The number of methoxy groups -OCH3 is 1. The number of ether oxygens (including phenoxy) is 2. The summed E-state index contributed by atoms with van der Waals surface area (Å²) in [6, 6.07) is 11.0. The molecule has 0 unspecified atom stereocenters. The van der Waals surface area contributed by atoms with Crippen LogP contribution < -0.4 is 14.8 Å². The number of nitrogens with one attached hydrogen (secondary N) is 1. The third-order valence-corrected chi connectivity index (χ3v) is 11.8. The fraction of sp³-hybridized carbons (Fsp3) is 0.367. The van der Waals surface area contributed by atoms with Gasteiger partial charge in [0.1, 0.15) is 6.10 Å². The Kier molecular flexibility index (Phi) is 6.17. The average molecular weight is 642 g/mol. The molecule has 3 aromatic rings. The van der Waals surface area contributed by atoms with Gasteiger partial charge in [-0.3, -0.25) is 4.79 Å². The number of rotatable bonds is 6. The normalized spacial score (nSPS) is 30.1. The first-order valence-electron chi connectivity index (χ1n) is 13.6. The molecule has 2 fully saturated rings. The summed E-state index contributed by atoms with van der Waals surface area (Å²) < 4.78 is 47.6.